The summed E-state index contributed by atoms with van der Waals surface area (Å²) in [5.41, 5.74) is 5.74. The van der Waals surface area contributed by atoms with Crippen LogP contribution in [-0.2, 0) is 0 Å². The maximum Gasteiger partial charge on any atom is 0.319 e. The zero-order valence-corrected chi connectivity index (χ0v) is 6.53. The molecule has 1 rings (SSSR count). The van der Waals surface area contributed by atoms with Crippen LogP contribution in [0.15, 0.2) is 12.4 Å². The number of nitrogens with zero attached hydrogens (tertiary/aromatic N) is 2. The van der Waals surface area contributed by atoms with Crippen molar-refractivity contribution in [2.45, 2.75) is 0 Å². The molecular formula is C6H9N5O. The first-order chi connectivity index (χ1) is 5.72. The fourth-order valence-electron chi connectivity index (χ4n) is 0.596. The van der Waals surface area contributed by atoms with Gasteiger partial charge in [0, 0.05) is 7.05 Å². The lowest BCUT2D eigenvalue weighted by Crippen LogP contribution is -2.24. The third-order valence-electron chi connectivity index (χ3n) is 1.16. The van der Waals surface area contributed by atoms with E-state index in [0.29, 0.717) is 5.69 Å². The molecule has 1 aromatic rings. The van der Waals surface area contributed by atoms with Crippen molar-refractivity contribution in [1.29, 1.82) is 0 Å². The zero-order chi connectivity index (χ0) is 8.97. The molecule has 0 saturated carbocycles. The number of anilines is 2. The van der Waals surface area contributed by atoms with Gasteiger partial charge in [-0.15, -0.1) is 0 Å². The summed E-state index contributed by atoms with van der Waals surface area (Å²) < 4.78 is 0. The fourth-order valence-corrected chi connectivity index (χ4v) is 0.596. The smallest absolute Gasteiger partial charge is 0.319 e. The van der Waals surface area contributed by atoms with Gasteiger partial charge in [0.2, 0.25) is 5.95 Å². The molecule has 2 amide bonds. The van der Waals surface area contributed by atoms with Crippen molar-refractivity contribution in [1.82, 2.24) is 15.3 Å². The molecule has 0 aliphatic carbocycles. The van der Waals surface area contributed by atoms with Crippen LogP contribution in [0.1, 0.15) is 0 Å². The number of amides is 2. The highest BCUT2D eigenvalue weighted by molar-refractivity contribution is 5.88. The van der Waals surface area contributed by atoms with E-state index in [1.165, 1.54) is 19.4 Å². The normalized spacial score (nSPS) is 9.08. The minimum absolute atomic E-state index is 0.178. The predicted molar refractivity (Wildman–Crippen MR) is 44.5 cm³/mol. The second-order valence-electron chi connectivity index (χ2n) is 2.03. The Balaban J connectivity index is 2.64. The van der Waals surface area contributed by atoms with Crippen LogP contribution in [0.2, 0.25) is 0 Å². The Morgan fingerprint density at radius 2 is 2.08 bits per heavy atom. The number of hydrogen-bond acceptors (Lipinski definition) is 4. The van der Waals surface area contributed by atoms with E-state index in [-0.39, 0.29) is 12.0 Å². The van der Waals surface area contributed by atoms with Gasteiger partial charge in [0.15, 0.2) is 0 Å². The standard InChI is InChI=1S/C6H9N5O/c1-8-6(12)11-4-2-9-5(7)10-3-4/h2-3H,1H3,(H2,7,9,10)(H2,8,11,12). The number of aromatic nitrogens is 2. The second kappa shape index (κ2) is 3.51. The Labute approximate surface area is 69.2 Å². The lowest BCUT2D eigenvalue weighted by molar-refractivity contribution is 0.254. The highest BCUT2D eigenvalue weighted by Crippen LogP contribution is 2.02. The number of carbonyl (C=O) groups excluding carboxylic acids is 1. The molecule has 4 N–H and O–H groups in total. The summed E-state index contributed by atoms with van der Waals surface area (Å²) in [5.74, 6) is 0.178. The van der Waals surface area contributed by atoms with Crippen LogP contribution in [0.3, 0.4) is 0 Å². The molecule has 0 saturated heterocycles. The van der Waals surface area contributed by atoms with Gasteiger partial charge in [0.05, 0.1) is 18.1 Å². The van der Waals surface area contributed by atoms with Crippen molar-refractivity contribution in [2.24, 2.45) is 0 Å². The first-order valence-corrected chi connectivity index (χ1v) is 3.28. The van der Waals surface area contributed by atoms with Crippen molar-refractivity contribution in [3.63, 3.8) is 0 Å². The molecule has 0 unspecified atom stereocenters. The van der Waals surface area contributed by atoms with Crippen LogP contribution < -0.4 is 16.4 Å². The molecule has 6 heteroatoms. The first-order valence-electron chi connectivity index (χ1n) is 3.28. The van der Waals surface area contributed by atoms with Gasteiger partial charge in [0.25, 0.3) is 0 Å². The average molecular weight is 167 g/mol. The van der Waals surface area contributed by atoms with Gasteiger partial charge in [-0.2, -0.15) is 0 Å². The topological polar surface area (TPSA) is 92.9 Å². The number of carbonyl (C=O) groups is 1. The molecule has 0 aromatic carbocycles. The maximum atomic E-state index is 10.8. The van der Waals surface area contributed by atoms with Crippen LogP contribution in [0.25, 0.3) is 0 Å². The summed E-state index contributed by atoms with van der Waals surface area (Å²) in [6.07, 6.45) is 2.86. The van der Waals surface area contributed by atoms with Crippen molar-refractivity contribution >= 4 is 17.7 Å². The van der Waals surface area contributed by atoms with Gasteiger partial charge in [-0.1, -0.05) is 0 Å². The van der Waals surface area contributed by atoms with E-state index in [4.69, 9.17) is 5.73 Å². The van der Waals surface area contributed by atoms with Crippen LogP contribution in [-0.4, -0.2) is 23.0 Å². The quantitative estimate of drug-likeness (QED) is 0.540. The summed E-state index contributed by atoms with van der Waals surface area (Å²) in [5, 5.41) is 4.88. The van der Waals surface area contributed by atoms with Crippen LogP contribution in [0.4, 0.5) is 16.4 Å². The molecule has 1 aromatic heterocycles. The number of urea groups is 1. The van der Waals surface area contributed by atoms with Crippen molar-refractivity contribution in [3.8, 4) is 0 Å². The van der Waals surface area contributed by atoms with E-state index in [1.54, 1.807) is 0 Å². The average Bonchev–Trinajstić information content (AvgIpc) is 2.09. The summed E-state index contributed by atoms with van der Waals surface area (Å²) in [7, 11) is 1.52. The molecule has 1 heterocycles. The Hall–Kier alpha value is -1.85. The molecule has 0 aliphatic heterocycles. The van der Waals surface area contributed by atoms with Crippen LogP contribution in [0.5, 0.6) is 0 Å². The van der Waals surface area contributed by atoms with Gasteiger partial charge >= 0.3 is 6.03 Å². The molecule has 0 fully saturated rings. The fraction of sp³-hybridized carbons (Fsp3) is 0.167. The van der Waals surface area contributed by atoms with Gasteiger partial charge in [-0.05, 0) is 0 Å². The van der Waals surface area contributed by atoms with Gasteiger partial charge < -0.3 is 16.4 Å². The Morgan fingerprint density at radius 1 is 1.50 bits per heavy atom. The molecule has 0 atom stereocenters. The van der Waals surface area contributed by atoms with E-state index in [2.05, 4.69) is 20.6 Å². The zero-order valence-electron chi connectivity index (χ0n) is 6.53. The van der Waals surface area contributed by atoms with Crippen LogP contribution >= 0.6 is 0 Å². The highest BCUT2D eigenvalue weighted by Gasteiger charge is 1.97. The molecule has 0 spiro atoms. The Kier molecular flexibility index (Phi) is 2.42. The Morgan fingerprint density at radius 3 is 2.58 bits per heavy atom. The Bertz CT molecular complexity index is 270. The van der Waals surface area contributed by atoms with Crippen LogP contribution in [0, 0.1) is 0 Å². The molecular weight excluding hydrogens is 158 g/mol. The maximum absolute atomic E-state index is 10.8. The van der Waals surface area contributed by atoms with E-state index >= 15 is 0 Å². The summed E-state index contributed by atoms with van der Waals surface area (Å²) in [6, 6.07) is -0.316. The number of hydrogen-bond donors (Lipinski definition) is 3. The van der Waals surface area contributed by atoms with Crippen molar-refractivity contribution < 1.29 is 4.79 Å². The minimum Gasteiger partial charge on any atom is -0.368 e. The summed E-state index contributed by atoms with van der Waals surface area (Å²) in [6.45, 7) is 0. The second-order valence-corrected chi connectivity index (χ2v) is 2.03. The molecule has 0 aliphatic rings. The number of rotatable bonds is 1. The van der Waals surface area contributed by atoms with E-state index in [1.807, 2.05) is 0 Å². The van der Waals surface area contributed by atoms with Gasteiger partial charge in [-0.25, -0.2) is 14.8 Å². The lowest BCUT2D eigenvalue weighted by Gasteiger charge is -2.01. The van der Waals surface area contributed by atoms with E-state index in [9.17, 15) is 4.79 Å². The number of nitrogens with two attached hydrogens (primary N) is 1. The predicted octanol–water partition coefficient (Wildman–Crippen LogP) is -0.190. The van der Waals surface area contributed by atoms with E-state index in [0.717, 1.165) is 0 Å². The molecule has 12 heavy (non-hydrogen) atoms. The van der Waals surface area contributed by atoms with Crippen molar-refractivity contribution in [3.05, 3.63) is 12.4 Å². The van der Waals surface area contributed by atoms with Gasteiger partial charge in [0.1, 0.15) is 0 Å². The monoisotopic (exact) mass is 167 g/mol. The van der Waals surface area contributed by atoms with Gasteiger partial charge in [-0.3, -0.25) is 0 Å². The molecule has 0 bridgehead atoms. The molecule has 64 valence electrons. The van der Waals surface area contributed by atoms with E-state index < -0.39 is 0 Å². The third kappa shape index (κ3) is 2.08. The highest BCUT2D eigenvalue weighted by atomic mass is 16.2. The number of nitrogens with one attached hydrogen (secondary N) is 2. The first kappa shape index (κ1) is 8.25. The largest absolute Gasteiger partial charge is 0.368 e. The van der Waals surface area contributed by atoms with Crippen molar-refractivity contribution in [2.75, 3.05) is 18.1 Å². The third-order valence-corrected chi connectivity index (χ3v) is 1.16. The summed E-state index contributed by atoms with van der Waals surface area (Å²) in [4.78, 5) is 18.1. The SMILES string of the molecule is CNC(=O)Nc1cnc(N)nc1. The molecule has 0 radical (unpaired) electrons. The lowest BCUT2D eigenvalue weighted by atomic mass is 10.5. The number of nitrogen functional groups attached to an aromatic ring is 1. The summed E-state index contributed by atoms with van der Waals surface area (Å²) >= 11 is 0. The molecule has 6 nitrogen and oxygen atoms in total. The minimum atomic E-state index is -0.316.